The molecule has 0 atom stereocenters. The maximum atomic E-state index is 12.7. The van der Waals surface area contributed by atoms with Crippen molar-refractivity contribution in [3.05, 3.63) is 64.4 Å². The predicted molar refractivity (Wildman–Crippen MR) is 116 cm³/mol. The van der Waals surface area contributed by atoms with Crippen LogP contribution in [0.2, 0.25) is 10.0 Å². The van der Waals surface area contributed by atoms with E-state index in [0.29, 0.717) is 36.2 Å². The lowest BCUT2D eigenvalue weighted by atomic mass is 10.1. The Morgan fingerprint density at radius 2 is 1.76 bits per heavy atom. The molecule has 4 rings (SSSR count). The summed E-state index contributed by atoms with van der Waals surface area (Å²) in [6.07, 6.45) is 1.80. The molecule has 2 heterocycles. The summed E-state index contributed by atoms with van der Waals surface area (Å²) in [4.78, 5) is 25.4. The van der Waals surface area contributed by atoms with Crippen LogP contribution in [0, 0.1) is 5.41 Å². The summed E-state index contributed by atoms with van der Waals surface area (Å²) in [7, 11) is 0. The molecule has 0 radical (unpaired) electrons. The summed E-state index contributed by atoms with van der Waals surface area (Å²) in [6, 6.07) is 13.1. The van der Waals surface area contributed by atoms with Gasteiger partial charge in [-0.3, -0.25) is 10.2 Å². The summed E-state index contributed by atoms with van der Waals surface area (Å²) in [5.41, 5.74) is 1.74. The van der Waals surface area contributed by atoms with Crippen molar-refractivity contribution < 1.29 is 4.79 Å². The van der Waals surface area contributed by atoms with Crippen molar-refractivity contribution in [3.63, 3.8) is 0 Å². The Labute approximate surface area is 178 Å². The zero-order valence-corrected chi connectivity index (χ0v) is 17.1. The van der Waals surface area contributed by atoms with E-state index < -0.39 is 0 Å². The van der Waals surface area contributed by atoms with Gasteiger partial charge in [0.15, 0.2) is 0 Å². The normalized spacial score (nSPS) is 14.3. The number of nitrogens with one attached hydrogen (secondary N) is 1. The molecule has 1 aromatic heterocycles. The number of fused-ring (bicyclic) bond motifs is 1. The Morgan fingerprint density at radius 1 is 1.00 bits per heavy atom. The van der Waals surface area contributed by atoms with Crippen LogP contribution in [0.3, 0.4) is 0 Å². The first kappa shape index (κ1) is 19.6. The van der Waals surface area contributed by atoms with Crippen LogP contribution in [0.5, 0.6) is 0 Å². The monoisotopic (exact) mass is 427 g/mol. The number of nitrogens with zero attached hydrogens (tertiary/aromatic N) is 4. The Balaban J connectivity index is 1.40. The topological polar surface area (TPSA) is 73.2 Å². The van der Waals surface area contributed by atoms with Gasteiger partial charge < -0.3 is 9.80 Å². The van der Waals surface area contributed by atoms with Gasteiger partial charge in [-0.05, 0) is 29.8 Å². The molecule has 148 valence electrons. The highest BCUT2D eigenvalue weighted by atomic mass is 35.5. The SMILES string of the molecule is N=C(Cc1ccc(Cl)c(Cl)c1)C(=O)N1CCN(c2ncnc3ccccc23)CC1. The number of hydrogen-bond acceptors (Lipinski definition) is 5. The largest absolute Gasteiger partial charge is 0.352 e. The van der Waals surface area contributed by atoms with E-state index in [1.807, 2.05) is 24.3 Å². The predicted octanol–water partition coefficient (Wildman–Crippen LogP) is 3.85. The molecule has 0 aliphatic carbocycles. The van der Waals surface area contributed by atoms with Crippen molar-refractivity contribution in [3.8, 4) is 0 Å². The van der Waals surface area contributed by atoms with Gasteiger partial charge in [0, 0.05) is 38.0 Å². The number of aromatic nitrogens is 2. The number of carbonyl (C=O) groups excluding carboxylic acids is 1. The number of rotatable bonds is 4. The lowest BCUT2D eigenvalue weighted by Crippen LogP contribution is -2.51. The van der Waals surface area contributed by atoms with Gasteiger partial charge in [-0.2, -0.15) is 0 Å². The van der Waals surface area contributed by atoms with E-state index in [9.17, 15) is 4.79 Å². The zero-order chi connectivity index (χ0) is 20.4. The third-order valence-electron chi connectivity index (χ3n) is 5.01. The summed E-state index contributed by atoms with van der Waals surface area (Å²) >= 11 is 12.0. The van der Waals surface area contributed by atoms with E-state index in [1.165, 1.54) is 0 Å². The maximum Gasteiger partial charge on any atom is 0.267 e. The quantitative estimate of drug-likeness (QED) is 0.641. The van der Waals surface area contributed by atoms with Gasteiger partial charge >= 0.3 is 0 Å². The molecule has 1 amide bonds. The number of para-hydroxylation sites is 1. The number of carbonyl (C=O) groups is 1. The van der Waals surface area contributed by atoms with Gasteiger partial charge in [-0.15, -0.1) is 0 Å². The number of hydrogen-bond donors (Lipinski definition) is 1. The van der Waals surface area contributed by atoms with Crippen LogP contribution in [0.25, 0.3) is 10.9 Å². The van der Waals surface area contributed by atoms with Gasteiger partial charge in [0.2, 0.25) is 0 Å². The average molecular weight is 428 g/mol. The Kier molecular flexibility index (Phi) is 5.65. The van der Waals surface area contributed by atoms with E-state index >= 15 is 0 Å². The lowest BCUT2D eigenvalue weighted by molar-refractivity contribution is -0.124. The van der Waals surface area contributed by atoms with Crippen molar-refractivity contribution in [2.45, 2.75) is 6.42 Å². The molecule has 0 spiro atoms. The minimum atomic E-state index is -0.247. The Morgan fingerprint density at radius 3 is 2.52 bits per heavy atom. The molecule has 3 aromatic rings. The molecule has 2 aromatic carbocycles. The minimum Gasteiger partial charge on any atom is -0.352 e. The van der Waals surface area contributed by atoms with Crippen LogP contribution < -0.4 is 4.90 Å². The van der Waals surface area contributed by atoms with Gasteiger partial charge in [-0.25, -0.2) is 9.97 Å². The van der Waals surface area contributed by atoms with Crippen LogP contribution in [0.1, 0.15) is 5.56 Å². The van der Waals surface area contributed by atoms with Gasteiger partial charge in [0.1, 0.15) is 17.9 Å². The van der Waals surface area contributed by atoms with Gasteiger partial charge in [-0.1, -0.05) is 41.4 Å². The lowest BCUT2D eigenvalue weighted by Gasteiger charge is -2.35. The number of benzene rings is 2. The highest BCUT2D eigenvalue weighted by Crippen LogP contribution is 2.24. The fourth-order valence-corrected chi connectivity index (χ4v) is 3.80. The second-order valence-corrected chi connectivity index (χ2v) is 7.71. The summed E-state index contributed by atoms with van der Waals surface area (Å²) < 4.78 is 0. The summed E-state index contributed by atoms with van der Waals surface area (Å²) in [6.45, 7) is 2.40. The van der Waals surface area contributed by atoms with Crippen LogP contribution in [0.15, 0.2) is 48.8 Å². The smallest absolute Gasteiger partial charge is 0.267 e. The first-order valence-electron chi connectivity index (χ1n) is 9.28. The molecule has 1 saturated heterocycles. The van der Waals surface area contributed by atoms with E-state index in [0.717, 1.165) is 22.3 Å². The van der Waals surface area contributed by atoms with Crippen LogP contribution in [-0.2, 0) is 11.2 Å². The summed E-state index contributed by atoms with van der Waals surface area (Å²) in [5.74, 6) is 0.636. The molecule has 1 aliphatic heterocycles. The van der Waals surface area contributed by atoms with Crippen LogP contribution in [0.4, 0.5) is 5.82 Å². The number of anilines is 1. The van der Waals surface area contributed by atoms with E-state index in [-0.39, 0.29) is 18.0 Å². The molecule has 8 heteroatoms. The number of halogens is 2. The minimum absolute atomic E-state index is 0.0457. The Hall–Kier alpha value is -2.70. The molecular formula is C21H19Cl2N5O. The van der Waals surface area contributed by atoms with Crippen molar-refractivity contribution in [2.24, 2.45) is 0 Å². The standard InChI is InChI=1S/C21H19Cl2N5O/c22-16-6-5-14(11-17(16)23)12-18(24)21(29)28-9-7-27(8-10-28)20-15-3-1-2-4-19(15)25-13-26-20/h1-6,11,13,24H,7-10,12H2. The van der Waals surface area contributed by atoms with Crippen molar-refractivity contribution >= 4 is 51.5 Å². The molecule has 29 heavy (non-hydrogen) atoms. The van der Waals surface area contributed by atoms with Crippen molar-refractivity contribution in [1.82, 2.24) is 14.9 Å². The molecule has 0 unspecified atom stereocenters. The Bertz CT molecular complexity index is 1070. The number of amides is 1. The first-order valence-corrected chi connectivity index (χ1v) is 10.0. The third-order valence-corrected chi connectivity index (χ3v) is 5.75. The first-order chi connectivity index (χ1) is 14.0. The van der Waals surface area contributed by atoms with Crippen LogP contribution >= 0.6 is 23.2 Å². The molecule has 0 bridgehead atoms. The van der Waals surface area contributed by atoms with Crippen molar-refractivity contribution in [2.75, 3.05) is 31.1 Å². The second kappa shape index (κ2) is 8.35. The van der Waals surface area contributed by atoms with Crippen LogP contribution in [-0.4, -0.2) is 52.7 Å². The molecule has 1 N–H and O–H groups in total. The second-order valence-electron chi connectivity index (χ2n) is 6.90. The molecule has 6 nitrogen and oxygen atoms in total. The highest BCUT2D eigenvalue weighted by molar-refractivity contribution is 6.42. The van der Waals surface area contributed by atoms with Gasteiger partial charge in [0.05, 0.1) is 15.6 Å². The summed E-state index contributed by atoms with van der Waals surface area (Å²) in [5, 5.41) is 10.1. The average Bonchev–Trinajstić information content (AvgIpc) is 2.75. The maximum absolute atomic E-state index is 12.7. The molecule has 1 aliphatic rings. The van der Waals surface area contributed by atoms with E-state index in [1.54, 1.807) is 29.4 Å². The van der Waals surface area contributed by atoms with Gasteiger partial charge in [0.25, 0.3) is 5.91 Å². The molecular weight excluding hydrogens is 409 g/mol. The fourth-order valence-electron chi connectivity index (χ4n) is 3.48. The third kappa shape index (κ3) is 4.18. The molecule has 1 fully saturated rings. The van der Waals surface area contributed by atoms with E-state index in [2.05, 4.69) is 14.9 Å². The highest BCUT2D eigenvalue weighted by Gasteiger charge is 2.25. The fraction of sp³-hybridized carbons (Fsp3) is 0.238. The van der Waals surface area contributed by atoms with E-state index in [4.69, 9.17) is 28.6 Å². The zero-order valence-electron chi connectivity index (χ0n) is 15.6. The van der Waals surface area contributed by atoms with Crippen molar-refractivity contribution in [1.29, 1.82) is 5.41 Å². The number of piperazine rings is 1. The molecule has 0 saturated carbocycles.